The van der Waals surface area contributed by atoms with Gasteiger partial charge in [-0.3, -0.25) is 4.79 Å². The van der Waals surface area contributed by atoms with Gasteiger partial charge >= 0.3 is 0 Å². The number of amides is 1. The third-order valence-electron chi connectivity index (χ3n) is 4.40. The number of piperazine rings is 1. The largest absolute Gasteiger partial charge is 0.351 e. The number of nitrogens with one attached hydrogen (secondary N) is 2. The molecule has 2 N–H and O–H groups in total. The molecular weight excluding hydrogens is 362 g/mol. The first-order chi connectivity index (χ1) is 11.9. The summed E-state index contributed by atoms with van der Waals surface area (Å²) in [5, 5.41) is 3.17. The topological polar surface area (TPSA) is 70.9 Å². The lowest BCUT2D eigenvalue weighted by atomic mass is 10.2. The molecule has 1 aromatic rings. The molecule has 0 unspecified atom stereocenters. The summed E-state index contributed by atoms with van der Waals surface area (Å²) < 4.78 is 26.8. The predicted octanol–water partition coefficient (Wildman–Crippen LogP) is 0.536. The highest BCUT2D eigenvalue weighted by molar-refractivity contribution is 7.89. The van der Waals surface area contributed by atoms with Crippen LogP contribution in [0.5, 0.6) is 0 Å². The smallest absolute Gasteiger partial charge is 0.275 e. The van der Waals surface area contributed by atoms with Crippen LogP contribution in [0.15, 0.2) is 29.2 Å². The van der Waals surface area contributed by atoms with Gasteiger partial charge in [0.05, 0.1) is 31.2 Å². The van der Waals surface area contributed by atoms with Gasteiger partial charge in [-0.05, 0) is 18.6 Å². The normalized spacial score (nSPS) is 16.7. The van der Waals surface area contributed by atoms with Gasteiger partial charge in [0.2, 0.25) is 10.0 Å². The van der Waals surface area contributed by atoms with E-state index in [0.717, 1.165) is 24.2 Å². The standard InChI is InChI=1S/C17H26ClN3O3S/c1-2-3-6-9-19-17(22)14-20-10-12-21(13-11-20)25(23,24)16-8-5-4-7-15(16)18/h4-5,7-8H,2-3,6,9-14H2,1H3,(H,19,22)/p+1. The highest BCUT2D eigenvalue weighted by Crippen LogP contribution is 2.23. The third kappa shape index (κ3) is 5.67. The number of nitrogens with zero attached hydrogens (tertiary/aromatic N) is 1. The number of carbonyl (C=O) groups excluding carboxylic acids is 1. The molecule has 1 saturated heterocycles. The molecule has 0 atom stereocenters. The summed E-state index contributed by atoms with van der Waals surface area (Å²) in [6, 6.07) is 6.49. The molecule has 8 heteroatoms. The Morgan fingerprint density at radius 1 is 1.24 bits per heavy atom. The van der Waals surface area contributed by atoms with Gasteiger partial charge in [0.15, 0.2) is 6.54 Å². The minimum Gasteiger partial charge on any atom is -0.351 e. The predicted molar refractivity (Wildman–Crippen MR) is 98.3 cm³/mol. The average Bonchev–Trinajstić information content (AvgIpc) is 2.59. The van der Waals surface area contributed by atoms with Gasteiger partial charge in [0.25, 0.3) is 5.91 Å². The highest BCUT2D eigenvalue weighted by atomic mass is 35.5. The summed E-state index contributed by atoms with van der Waals surface area (Å²) >= 11 is 6.03. The molecule has 1 fully saturated rings. The molecule has 0 bridgehead atoms. The molecule has 6 nitrogen and oxygen atoms in total. The number of rotatable bonds is 8. The molecule has 25 heavy (non-hydrogen) atoms. The van der Waals surface area contributed by atoms with E-state index in [0.29, 0.717) is 39.3 Å². The van der Waals surface area contributed by atoms with Crippen LogP contribution in [0, 0.1) is 0 Å². The summed E-state index contributed by atoms with van der Waals surface area (Å²) in [6.07, 6.45) is 3.25. The van der Waals surface area contributed by atoms with Crippen molar-refractivity contribution in [3.63, 3.8) is 0 Å². The number of unbranched alkanes of at least 4 members (excludes halogenated alkanes) is 2. The van der Waals surface area contributed by atoms with Gasteiger partial charge < -0.3 is 10.2 Å². The first kappa shape index (κ1) is 20.2. The highest BCUT2D eigenvalue weighted by Gasteiger charge is 2.32. The van der Waals surface area contributed by atoms with Crippen LogP contribution in [-0.4, -0.2) is 57.9 Å². The van der Waals surface area contributed by atoms with Gasteiger partial charge in [0.1, 0.15) is 4.90 Å². The fourth-order valence-corrected chi connectivity index (χ4v) is 4.84. The van der Waals surface area contributed by atoms with E-state index in [1.165, 1.54) is 10.4 Å². The maximum atomic E-state index is 12.7. The van der Waals surface area contributed by atoms with Gasteiger partial charge in [-0.2, -0.15) is 4.31 Å². The lowest BCUT2D eigenvalue weighted by Gasteiger charge is -2.31. The van der Waals surface area contributed by atoms with Crippen LogP contribution in [0.25, 0.3) is 0 Å². The van der Waals surface area contributed by atoms with Crippen LogP contribution in [0.4, 0.5) is 0 Å². The Kier molecular flexibility index (Phi) is 7.68. The van der Waals surface area contributed by atoms with Crippen LogP contribution < -0.4 is 10.2 Å². The minimum atomic E-state index is -3.58. The molecule has 1 heterocycles. The van der Waals surface area contributed by atoms with E-state index >= 15 is 0 Å². The number of benzene rings is 1. The second-order valence-electron chi connectivity index (χ2n) is 6.32. The van der Waals surface area contributed by atoms with E-state index in [2.05, 4.69) is 12.2 Å². The quantitative estimate of drug-likeness (QED) is 0.638. The van der Waals surface area contributed by atoms with Crippen molar-refractivity contribution >= 4 is 27.5 Å². The van der Waals surface area contributed by atoms with Crippen LogP contribution in [0.1, 0.15) is 26.2 Å². The number of hydrogen-bond acceptors (Lipinski definition) is 3. The number of sulfonamides is 1. The summed E-state index contributed by atoms with van der Waals surface area (Å²) in [4.78, 5) is 13.2. The molecule has 1 amide bonds. The Bertz CT molecular complexity index is 673. The Morgan fingerprint density at radius 2 is 1.92 bits per heavy atom. The molecule has 2 rings (SSSR count). The van der Waals surface area contributed by atoms with Crippen molar-refractivity contribution in [3.05, 3.63) is 29.3 Å². The maximum Gasteiger partial charge on any atom is 0.275 e. The Labute approximate surface area is 155 Å². The van der Waals surface area contributed by atoms with E-state index in [4.69, 9.17) is 11.6 Å². The first-order valence-electron chi connectivity index (χ1n) is 8.80. The van der Waals surface area contributed by atoms with Gasteiger partial charge in [-0.15, -0.1) is 0 Å². The zero-order valence-corrected chi connectivity index (χ0v) is 16.2. The zero-order chi connectivity index (χ0) is 18.3. The van der Waals surface area contributed by atoms with Gasteiger partial charge in [-0.25, -0.2) is 8.42 Å². The summed E-state index contributed by atoms with van der Waals surface area (Å²) in [6.45, 7) is 5.26. The second-order valence-corrected chi connectivity index (χ2v) is 8.63. The summed E-state index contributed by atoms with van der Waals surface area (Å²) in [7, 11) is -3.58. The Balaban J connectivity index is 1.83. The molecular formula is C17H27ClN3O3S+. The number of carbonyl (C=O) groups is 1. The van der Waals surface area contributed by atoms with E-state index in [1.807, 2.05) is 0 Å². The van der Waals surface area contributed by atoms with E-state index in [1.54, 1.807) is 18.2 Å². The monoisotopic (exact) mass is 388 g/mol. The van der Waals surface area contributed by atoms with Gasteiger partial charge in [0, 0.05) is 6.54 Å². The number of quaternary nitrogens is 1. The lowest BCUT2D eigenvalue weighted by Crippen LogP contribution is -3.15. The molecule has 0 aliphatic carbocycles. The second kappa shape index (κ2) is 9.52. The van der Waals surface area contributed by atoms with E-state index in [-0.39, 0.29) is 15.8 Å². The van der Waals surface area contributed by atoms with E-state index < -0.39 is 10.0 Å². The van der Waals surface area contributed by atoms with Crippen molar-refractivity contribution in [3.8, 4) is 0 Å². The molecule has 1 aliphatic heterocycles. The van der Waals surface area contributed by atoms with Crippen LogP contribution in [-0.2, 0) is 14.8 Å². The van der Waals surface area contributed by atoms with Crippen molar-refractivity contribution in [2.45, 2.75) is 31.1 Å². The minimum absolute atomic E-state index is 0.0357. The molecule has 1 aliphatic rings. The van der Waals surface area contributed by atoms with E-state index in [9.17, 15) is 13.2 Å². The van der Waals surface area contributed by atoms with Crippen molar-refractivity contribution < 1.29 is 18.1 Å². The van der Waals surface area contributed by atoms with Crippen LogP contribution in [0.2, 0.25) is 5.02 Å². The molecule has 0 spiro atoms. The van der Waals surface area contributed by atoms with Crippen molar-refractivity contribution in [1.82, 2.24) is 9.62 Å². The Morgan fingerprint density at radius 3 is 2.56 bits per heavy atom. The number of halogens is 1. The molecule has 0 aromatic heterocycles. The summed E-state index contributed by atoms with van der Waals surface area (Å²) in [5.74, 6) is 0.0357. The van der Waals surface area contributed by atoms with Crippen LogP contribution in [0.3, 0.4) is 0 Å². The van der Waals surface area contributed by atoms with Crippen molar-refractivity contribution in [2.24, 2.45) is 0 Å². The average molecular weight is 389 g/mol. The maximum absolute atomic E-state index is 12.7. The third-order valence-corrected chi connectivity index (χ3v) is 6.80. The van der Waals surface area contributed by atoms with Crippen molar-refractivity contribution in [1.29, 1.82) is 0 Å². The molecule has 0 saturated carbocycles. The van der Waals surface area contributed by atoms with Crippen LogP contribution >= 0.6 is 11.6 Å². The van der Waals surface area contributed by atoms with Gasteiger partial charge in [-0.1, -0.05) is 43.5 Å². The van der Waals surface area contributed by atoms with Crippen molar-refractivity contribution in [2.75, 3.05) is 39.3 Å². The number of hydrogen-bond donors (Lipinski definition) is 2. The zero-order valence-electron chi connectivity index (χ0n) is 14.6. The molecule has 0 radical (unpaired) electrons. The lowest BCUT2D eigenvalue weighted by molar-refractivity contribution is -0.895. The molecule has 1 aromatic carbocycles. The fourth-order valence-electron chi connectivity index (χ4n) is 2.90. The first-order valence-corrected chi connectivity index (χ1v) is 10.6. The fraction of sp³-hybridized carbons (Fsp3) is 0.588. The SMILES string of the molecule is CCCCCNC(=O)C[NH+]1CCN(S(=O)(=O)c2ccccc2Cl)CC1. The Hall–Kier alpha value is -1.15. The molecule has 140 valence electrons. The summed E-state index contributed by atoms with van der Waals surface area (Å²) in [5.41, 5.74) is 0.